The minimum absolute atomic E-state index is 0.000511. The van der Waals surface area contributed by atoms with E-state index in [0.717, 1.165) is 16.7 Å². The lowest BCUT2D eigenvalue weighted by Gasteiger charge is -2.21. The van der Waals surface area contributed by atoms with E-state index in [-0.39, 0.29) is 17.7 Å². The highest BCUT2D eigenvalue weighted by molar-refractivity contribution is 7.99. The summed E-state index contributed by atoms with van der Waals surface area (Å²) >= 11 is 1.25. The Balaban J connectivity index is 1.96. The molecule has 0 saturated carbocycles. The number of pyridine rings is 1. The number of benzene rings is 1. The molecule has 2 rings (SSSR count). The Bertz CT molecular complexity index is 632. The van der Waals surface area contributed by atoms with E-state index in [2.05, 4.69) is 19.2 Å². The zero-order valence-corrected chi connectivity index (χ0v) is 14.3. The van der Waals surface area contributed by atoms with Crippen molar-refractivity contribution >= 4 is 17.7 Å². The molecule has 0 saturated heterocycles. The van der Waals surface area contributed by atoms with Crippen LogP contribution in [0, 0.1) is 11.1 Å². The third-order valence-electron chi connectivity index (χ3n) is 3.38. The SMILES string of the molecule is CC(C)C[C@H](NC(=O)CSc1cccc[n+]1[O-])c1ccccc1. The van der Waals surface area contributed by atoms with Gasteiger partial charge in [0.2, 0.25) is 5.91 Å². The highest BCUT2D eigenvalue weighted by Gasteiger charge is 2.17. The van der Waals surface area contributed by atoms with Gasteiger partial charge in [0.25, 0.3) is 5.03 Å². The van der Waals surface area contributed by atoms with Crippen LogP contribution in [0.4, 0.5) is 0 Å². The normalized spacial score (nSPS) is 12.1. The summed E-state index contributed by atoms with van der Waals surface area (Å²) < 4.78 is 0.779. The first-order valence-corrected chi connectivity index (χ1v) is 8.70. The molecule has 5 heteroatoms. The first kappa shape index (κ1) is 17.3. The largest absolute Gasteiger partial charge is 0.618 e. The molecule has 1 N–H and O–H groups in total. The molecule has 23 heavy (non-hydrogen) atoms. The number of hydrogen-bond donors (Lipinski definition) is 1. The summed E-state index contributed by atoms with van der Waals surface area (Å²) in [5, 5.41) is 15.2. The molecule has 0 aliphatic carbocycles. The van der Waals surface area contributed by atoms with Gasteiger partial charge in [-0.2, -0.15) is 4.73 Å². The fraction of sp³-hybridized carbons (Fsp3) is 0.333. The molecule has 1 atom stereocenters. The molecule has 0 bridgehead atoms. The van der Waals surface area contributed by atoms with Crippen molar-refractivity contribution in [1.29, 1.82) is 0 Å². The monoisotopic (exact) mass is 330 g/mol. The molecular weight excluding hydrogens is 308 g/mol. The lowest BCUT2D eigenvalue weighted by Crippen LogP contribution is -2.32. The number of nitrogens with one attached hydrogen (secondary N) is 1. The third-order valence-corrected chi connectivity index (χ3v) is 4.40. The van der Waals surface area contributed by atoms with Gasteiger partial charge in [-0.1, -0.05) is 44.2 Å². The van der Waals surface area contributed by atoms with Crippen molar-refractivity contribution in [1.82, 2.24) is 5.32 Å². The molecule has 1 amide bonds. The maximum atomic E-state index is 12.2. The van der Waals surface area contributed by atoms with Crippen LogP contribution >= 0.6 is 11.8 Å². The second kappa shape index (κ2) is 8.58. The van der Waals surface area contributed by atoms with Crippen molar-refractivity contribution in [2.75, 3.05) is 5.75 Å². The molecule has 0 aliphatic rings. The molecule has 122 valence electrons. The second-order valence-electron chi connectivity index (χ2n) is 5.81. The van der Waals surface area contributed by atoms with Gasteiger partial charge in [0, 0.05) is 12.1 Å². The van der Waals surface area contributed by atoms with Crippen molar-refractivity contribution in [3.63, 3.8) is 0 Å². The summed E-state index contributed by atoms with van der Waals surface area (Å²) in [6, 6.07) is 15.2. The van der Waals surface area contributed by atoms with Gasteiger partial charge in [-0.25, -0.2) is 0 Å². The Labute approximate surface area is 141 Å². The molecule has 0 aliphatic heterocycles. The van der Waals surface area contributed by atoms with Crippen molar-refractivity contribution in [2.45, 2.75) is 31.3 Å². The topological polar surface area (TPSA) is 56.0 Å². The molecule has 0 unspecified atom stereocenters. The van der Waals surface area contributed by atoms with Gasteiger partial charge in [0.1, 0.15) is 0 Å². The maximum Gasteiger partial charge on any atom is 0.251 e. The average Bonchev–Trinajstić information content (AvgIpc) is 2.54. The number of nitrogens with zero attached hydrogens (tertiary/aromatic N) is 1. The summed E-state index contributed by atoms with van der Waals surface area (Å²) in [5.41, 5.74) is 1.11. The quantitative estimate of drug-likeness (QED) is 0.481. The molecular formula is C18H22N2O2S. The van der Waals surface area contributed by atoms with E-state index in [1.54, 1.807) is 18.2 Å². The first-order valence-electron chi connectivity index (χ1n) is 7.71. The third kappa shape index (κ3) is 5.60. The lowest BCUT2D eigenvalue weighted by molar-refractivity contribution is -0.645. The summed E-state index contributed by atoms with van der Waals surface area (Å²) in [6.45, 7) is 4.28. The zero-order chi connectivity index (χ0) is 16.7. The van der Waals surface area contributed by atoms with Gasteiger partial charge in [-0.05, 0) is 35.7 Å². The van der Waals surface area contributed by atoms with Gasteiger partial charge >= 0.3 is 0 Å². The number of rotatable bonds is 7. The number of hydrogen-bond acceptors (Lipinski definition) is 3. The van der Waals surface area contributed by atoms with Crippen LogP contribution < -0.4 is 10.0 Å². The van der Waals surface area contributed by atoms with Crippen molar-refractivity contribution in [3.05, 3.63) is 65.5 Å². The Hall–Kier alpha value is -2.01. The number of carbonyl (C=O) groups is 1. The molecule has 1 aromatic carbocycles. The minimum Gasteiger partial charge on any atom is -0.618 e. The highest BCUT2D eigenvalue weighted by atomic mass is 32.2. The molecule has 1 heterocycles. The van der Waals surface area contributed by atoms with Gasteiger partial charge in [-0.3, -0.25) is 4.79 Å². The van der Waals surface area contributed by atoms with E-state index < -0.39 is 0 Å². The van der Waals surface area contributed by atoms with E-state index in [1.165, 1.54) is 18.0 Å². The standard InChI is InChI=1S/C18H22N2O2S/c1-14(2)12-16(15-8-4-3-5-9-15)19-17(21)13-23-18-10-6-7-11-20(18)22/h3-11,14,16H,12-13H2,1-2H3,(H,19,21)/t16-/m0/s1. The highest BCUT2D eigenvalue weighted by Crippen LogP contribution is 2.21. The van der Waals surface area contributed by atoms with Crippen molar-refractivity contribution < 1.29 is 9.52 Å². The number of carbonyl (C=O) groups excluding carboxylic acids is 1. The van der Waals surface area contributed by atoms with Gasteiger partial charge in [0.15, 0.2) is 6.20 Å². The average molecular weight is 330 g/mol. The van der Waals surface area contributed by atoms with Crippen molar-refractivity contribution in [2.24, 2.45) is 5.92 Å². The van der Waals surface area contributed by atoms with Crippen LogP contribution in [-0.2, 0) is 4.79 Å². The molecule has 4 nitrogen and oxygen atoms in total. The fourth-order valence-electron chi connectivity index (χ4n) is 2.33. The van der Waals surface area contributed by atoms with Crippen LogP contribution in [0.3, 0.4) is 0 Å². The van der Waals surface area contributed by atoms with Gasteiger partial charge < -0.3 is 10.5 Å². The fourth-order valence-corrected chi connectivity index (χ4v) is 3.06. The van der Waals surface area contributed by atoms with E-state index in [1.807, 2.05) is 30.3 Å². The molecule has 1 aromatic heterocycles. The Morgan fingerprint density at radius 1 is 1.17 bits per heavy atom. The van der Waals surface area contributed by atoms with Crippen LogP contribution in [0.2, 0.25) is 0 Å². The van der Waals surface area contributed by atoms with Crippen molar-refractivity contribution in [3.8, 4) is 0 Å². The number of aromatic nitrogens is 1. The second-order valence-corrected chi connectivity index (χ2v) is 6.81. The van der Waals surface area contributed by atoms with Crippen LogP contribution in [0.1, 0.15) is 31.9 Å². The molecule has 0 spiro atoms. The number of thioether (sulfide) groups is 1. The summed E-state index contributed by atoms with van der Waals surface area (Å²) in [5.74, 6) is 0.646. The van der Waals surface area contributed by atoms with Crippen LogP contribution in [0.15, 0.2) is 59.8 Å². The van der Waals surface area contributed by atoms with E-state index in [4.69, 9.17) is 0 Å². The smallest absolute Gasteiger partial charge is 0.251 e. The number of amides is 1. The Morgan fingerprint density at radius 2 is 1.87 bits per heavy atom. The van der Waals surface area contributed by atoms with Crippen LogP contribution in [0.25, 0.3) is 0 Å². The summed E-state index contributed by atoms with van der Waals surface area (Å²) in [4.78, 5) is 12.2. The molecule has 2 aromatic rings. The predicted molar refractivity (Wildman–Crippen MR) is 92.9 cm³/mol. The zero-order valence-electron chi connectivity index (χ0n) is 13.4. The first-order chi connectivity index (χ1) is 11.1. The summed E-state index contributed by atoms with van der Waals surface area (Å²) in [6.07, 6.45) is 2.32. The molecule has 0 fully saturated rings. The lowest BCUT2D eigenvalue weighted by atomic mass is 9.97. The van der Waals surface area contributed by atoms with Crippen LogP contribution in [-0.4, -0.2) is 11.7 Å². The summed E-state index contributed by atoms with van der Waals surface area (Å²) in [7, 11) is 0. The Morgan fingerprint density at radius 3 is 2.52 bits per heavy atom. The van der Waals surface area contributed by atoms with E-state index in [0.29, 0.717) is 10.9 Å². The minimum atomic E-state index is -0.0617. The van der Waals surface area contributed by atoms with Gasteiger partial charge in [0.05, 0.1) is 11.8 Å². The predicted octanol–water partition coefficient (Wildman–Crippen LogP) is 3.32. The maximum absolute atomic E-state index is 12.2. The van der Waals surface area contributed by atoms with Crippen LogP contribution in [0.5, 0.6) is 0 Å². The van der Waals surface area contributed by atoms with E-state index in [9.17, 15) is 10.0 Å². The van der Waals surface area contributed by atoms with E-state index >= 15 is 0 Å². The molecule has 0 radical (unpaired) electrons. The van der Waals surface area contributed by atoms with Gasteiger partial charge in [-0.15, -0.1) is 0 Å². The Kier molecular flexibility index (Phi) is 6.47.